The topological polar surface area (TPSA) is 285 Å². The van der Waals surface area contributed by atoms with E-state index in [0.717, 1.165) is 0 Å². The molecule has 34 heavy (non-hydrogen) atoms. The molecule has 0 N–H and O–H groups in total. The molecule has 0 aromatic heterocycles. The van der Waals surface area contributed by atoms with Gasteiger partial charge in [-0.05, 0) is 0 Å². The summed E-state index contributed by atoms with van der Waals surface area (Å²) in [6.07, 6.45) is 0. The summed E-state index contributed by atoms with van der Waals surface area (Å²) in [7, 11) is 0. The van der Waals surface area contributed by atoms with Crippen LogP contribution in [0.3, 0.4) is 0 Å². The van der Waals surface area contributed by atoms with Gasteiger partial charge in [0.25, 0.3) is 6.71 Å². The van der Waals surface area contributed by atoms with E-state index in [1.165, 1.54) is 72.8 Å². The maximum absolute atomic E-state index is 9.70. The van der Waals surface area contributed by atoms with Gasteiger partial charge in [0.15, 0.2) is 0 Å². The molecule has 0 rings (SSSR count). The van der Waals surface area contributed by atoms with Gasteiger partial charge in [-0.3, -0.25) is 0 Å². The predicted octanol–water partition coefficient (Wildman–Crippen LogP) is 1.40. The first-order valence-electron chi connectivity index (χ1n) is 8.17. The van der Waals surface area contributed by atoms with Crippen LogP contribution in [0.25, 0.3) is 0 Å². The second-order valence-electron chi connectivity index (χ2n) is 5.45. The van der Waals surface area contributed by atoms with E-state index in [-0.39, 0.29) is 0 Å². The zero-order chi connectivity index (χ0) is 26.3. The third kappa shape index (κ3) is 5.08. The van der Waals surface area contributed by atoms with Gasteiger partial charge in [0.05, 0.1) is 35.4 Å². The van der Waals surface area contributed by atoms with Crippen molar-refractivity contribution < 1.29 is 0 Å². The standard InChI is InChI=1S/C21HBN12/c23-1-13(2-24)17(9-31)21(18(10-32)14(3-25)4-26)22(19(11-33)15(5-27)6-28)20(12-34)16(7-29)8-30/h21H. The van der Waals surface area contributed by atoms with E-state index in [9.17, 15) is 63.1 Å². The molecule has 0 bridgehead atoms. The molecule has 12 nitrogen and oxygen atoms in total. The lowest BCUT2D eigenvalue weighted by Gasteiger charge is -2.23. The van der Waals surface area contributed by atoms with Crippen molar-refractivity contribution in [3.05, 3.63) is 44.4 Å². The third-order valence-corrected chi connectivity index (χ3v) is 4.03. The lowest BCUT2D eigenvalue weighted by molar-refractivity contribution is 1.13. The van der Waals surface area contributed by atoms with Gasteiger partial charge in [-0.15, -0.1) is 0 Å². The van der Waals surface area contributed by atoms with Crippen LogP contribution in [0, 0.1) is 136 Å². The Morgan fingerprint density at radius 2 is 0.618 bits per heavy atom. The summed E-state index contributed by atoms with van der Waals surface area (Å²) in [4.78, 5) is 0. The highest BCUT2D eigenvalue weighted by Crippen LogP contribution is 2.40. The Hall–Kier alpha value is -7.10. The second-order valence-corrected chi connectivity index (χ2v) is 5.45. The van der Waals surface area contributed by atoms with Gasteiger partial charge in [0.2, 0.25) is 0 Å². The summed E-state index contributed by atoms with van der Waals surface area (Å²) < 4.78 is 0. The van der Waals surface area contributed by atoms with Crippen molar-refractivity contribution in [1.29, 1.82) is 63.1 Å². The number of allylic oxidation sites excluding steroid dienone is 8. The number of hydrogen-bond acceptors (Lipinski definition) is 12. The zero-order valence-electron chi connectivity index (χ0n) is 16.5. The molecule has 0 radical (unpaired) electrons. The highest BCUT2D eigenvalue weighted by molar-refractivity contribution is 6.79. The minimum absolute atomic E-state index is 0.916. The van der Waals surface area contributed by atoms with Crippen molar-refractivity contribution in [2.24, 2.45) is 0 Å². The molecule has 0 amide bonds. The molecule has 0 atom stereocenters. The van der Waals surface area contributed by atoms with Gasteiger partial charge in [-0.1, -0.05) is 0 Å². The van der Waals surface area contributed by atoms with Crippen LogP contribution >= 0.6 is 0 Å². The second kappa shape index (κ2) is 13.2. The Labute approximate surface area is 193 Å². The summed E-state index contributed by atoms with van der Waals surface area (Å²) in [5.74, 6) is -2.13. The molecule has 0 fully saturated rings. The maximum Gasteiger partial charge on any atom is 0.255 e. The van der Waals surface area contributed by atoms with Gasteiger partial charge >= 0.3 is 0 Å². The van der Waals surface area contributed by atoms with Crippen molar-refractivity contribution in [2.75, 3.05) is 0 Å². The SMILES string of the molecule is N#CC(C#N)=C(C#N)B(C(C#N)=C(C#N)C#N)C(C(C#N)=C(C#N)C#N)C(C#N)=C(C#N)C#N. The minimum Gasteiger partial charge on any atom is -0.194 e. The van der Waals surface area contributed by atoms with E-state index in [2.05, 4.69) is 0 Å². The third-order valence-electron chi connectivity index (χ3n) is 4.03. The molecule has 0 heterocycles. The van der Waals surface area contributed by atoms with Crippen LogP contribution in [-0.2, 0) is 0 Å². The fourth-order valence-corrected chi connectivity index (χ4v) is 2.66. The van der Waals surface area contributed by atoms with Gasteiger partial charge in [0, 0.05) is 16.8 Å². The van der Waals surface area contributed by atoms with E-state index >= 15 is 0 Å². The fraction of sp³-hybridized carbons (Fsp3) is 0.0476. The van der Waals surface area contributed by atoms with Crippen LogP contribution in [0.1, 0.15) is 0 Å². The molecule has 0 saturated carbocycles. The van der Waals surface area contributed by atoms with E-state index in [1.807, 2.05) is 0 Å². The average molecular weight is 432 g/mol. The number of nitriles is 12. The molecule has 0 spiro atoms. The largest absolute Gasteiger partial charge is 0.255 e. The smallest absolute Gasteiger partial charge is 0.194 e. The van der Waals surface area contributed by atoms with Crippen molar-refractivity contribution >= 4 is 6.71 Å². The van der Waals surface area contributed by atoms with Crippen molar-refractivity contribution in [3.63, 3.8) is 0 Å². The van der Waals surface area contributed by atoms with Gasteiger partial charge in [-0.2, -0.15) is 63.1 Å². The molecule has 13 heteroatoms. The summed E-state index contributed by atoms with van der Waals surface area (Å²) in [6, 6.07) is 16.7. The molecule has 0 aromatic carbocycles. The van der Waals surface area contributed by atoms with Crippen molar-refractivity contribution in [2.45, 2.75) is 5.82 Å². The first kappa shape index (κ1) is 26.9. The molecular weight excluding hydrogens is 431 g/mol. The van der Waals surface area contributed by atoms with E-state index in [4.69, 9.17) is 0 Å². The average Bonchev–Trinajstić information content (AvgIpc) is 2.87. The van der Waals surface area contributed by atoms with Crippen LogP contribution in [0.2, 0.25) is 5.82 Å². The van der Waals surface area contributed by atoms with Crippen LogP contribution < -0.4 is 0 Å². The van der Waals surface area contributed by atoms with E-state index in [1.54, 1.807) is 0 Å². The number of hydrogen-bond donors (Lipinski definition) is 0. The monoisotopic (exact) mass is 432 g/mol. The molecule has 0 aliphatic carbocycles. The molecule has 148 valence electrons. The van der Waals surface area contributed by atoms with Crippen LogP contribution in [0.15, 0.2) is 44.4 Å². The molecule has 0 aliphatic heterocycles. The Bertz CT molecular complexity index is 1280. The Balaban J connectivity index is 8.75. The summed E-state index contributed by atoms with van der Waals surface area (Å²) in [5, 5.41) is 113. The molecule has 0 saturated heterocycles. The van der Waals surface area contributed by atoms with Gasteiger partial charge in [0.1, 0.15) is 70.8 Å². The lowest BCUT2D eigenvalue weighted by atomic mass is 9.29. The summed E-state index contributed by atoms with van der Waals surface area (Å²) >= 11 is 0. The minimum atomic E-state index is -2.13. The molecular formula is C21HBN12. The maximum atomic E-state index is 9.70. The first-order valence-corrected chi connectivity index (χ1v) is 8.17. The Morgan fingerprint density at radius 3 is 0.794 bits per heavy atom. The quantitative estimate of drug-likeness (QED) is 0.440. The van der Waals surface area contributed by atoms with Gasteiger partial charge < -0.3 is 0 Å². The first-order chi connectivity index (χ1) is 16.4. The number of nitrogens with zero attached hydrogens (tertiary/aromatic N) is 12. The van der Waals surface area contributed by atoms with E-state index < -0.39 is 56.9 Å². The van der Waals surface area contributed by atoms with Crippen LogP contribution in [-0.4, -0.2) is 6.71 Å². The van der Waals surface area contributed by atoms with Crippen LogP contribution in [0.4, 0.5) is 0 Å². The molecule has 0 aliphatic rings. The predicted molar refractivity (Wildman–Crippen MR) is 105 cm³/mol. The zero-order valence-corrected chi connectivity index (χ0v) is 16.5. The highest BCUT2D eigenvalue weighted by atomic mass is 14.4. The molecule has 0 aromatic rings. The fourth-order valence-electron chi connectivity index (χ4n) is 2.66. The summed E-state index contributed by atoms with van der Waals surface area (Å²) in [6.45, 7) is -2.13. The van der Waals surface area contributed by atoms with Gasteiger partial charge in [-0.25, -0.2) is 0 Å². The molecule has 0 unspecified atom stereocenters. The normalized spacial score (nSPS) is 7.32. The van der Waals surface area contributed by atoms with E-state index in [0.29, 0.717) is 0 Å². The van der Waals surface area contributed by atoms with Crippen molar-refractivity contribution in [3.8, 4) is 72.8 Å². The number of rotatable bonds is 5. The van der Waals surface area contributed by atoms with Crippen molar-refractivity contribution in [1.82, 2.24) is 0 Å². The highest BCUT2D eigenvalue weighted by Gasteiger charge is 2.44. The Kier molecular flexibility index (Phi) is 10.4. The van der Waals surface area contributed by atoms with Crippen LogP contribution in [0.5, 0.6) is 0 Å². The Morgan fingerprint density at radius 1 is 0.353 bits per heavy atom. The summed E-state index contributed by atoms with van der Waals surface area (Å²) in [5.41, 5.74) is -7.49. The lowest BCUT2D eigenvalue weighted by Crippen LogP contribution is -2.31.